The van der Waals surface area contributed by atoms with Crippen molar-refractivity contribution < 1.29 is 28.0 Å². The first kappa shape index (κ1) is 22.3. The van der Waals surface area contributed by atoms with E-state index < -0.39 is 8.38 Å². The molecule has 0 saturated carbocycles. The normalized spacial score (nSPS) is 10.6. The lowest BCUT2D eigenvalue weighted by Gasteiger charge is -2.13. The number of rotatable bonds is 15. The summed E-state index contributed by atoms with van der Waals surface area (Å²) in [6.07, 6.45) is 0. The molecule has 6 nitrogen and oxygen atoms in total. The highest BCUT2D eigenvalue weighted by Gasteiger charge is 2.05. The zero-order valence-electron chi connectivity index (χ0n) is 12.4. The molecule has 0 saturated heterocycles. The summed E-state index contributed by atoms with van der Waals surface area (Å²) in [6.45, 7) is 7.98. The zero-order chi connectivity index (χ0) is 14.2. The van der Waals surface area contributed by atoms with Gasteiger partial charge in [0.25, 0.3) is 0 Å². The van der Waals surface area contributed by atoms with Gasteiger partial charge in [-0.15, -0.1) is 0 Å². The van der Waals surface area contributed by atoms with Crippen molar-refractivity contribution in [1.29, 1.82) is 0 Å². The summed E-state index contributed by atoms with van der Waals surface area (Å²) in [5, 5.41) is 0. The number of hydrogen-bond acceptors (Lipinski definition) is 6. The van der Waals surface area contributed by atoms with Crippen LogP contribution in [0.3, 0.4) is 0 Å². The Morgan fingerprint density at radius 3 is 1.50 bits per heavy atom. The molecule has 0 aromatic carbocycles. The predicted molar refractivity (Wildman–Crippen MR) is 80.2 cm³/mol. The number of hydrogen-bond donors (Lipinski definition) is 0. The molecule has 0 aliphatic rings. The van der Waals surface area contributed by atoms with Gasteiger partial charge in [0.1, 0.15) is 0 Å². The SMILES string of the molecule is C=CP(OCCOCCOC)OCCOCCOC.[B]. The molecule has 0 N–H and O–H groups in total. The van der Waals surface area contributed by atoms with Crippen molar-refractivity contribution >= 4 is 16.8 Å². The summed E-state index contributed by atoms with van der Waals surface area (Å²) < 4.78 is 31.2. The molecule has 117 valence electrons. The van der Waals surface area contributed by atoms with Gasteiger partial charge in [0.2, 0.25) is 0 Å². The van der Waals surface area contributed by atoms with Crippen LogP contribution in [0.25, 0.3) is 0 Å². The predicted octanol–water partition coefficient (Wildman–Crippen LogP) is 1.42. The Morgan fingerprint density at radius 2 is 1.15 bits per heavy atom. The maximum atomic E-state index is 5.48. The first-order valence-electron chi connectivity index (χ1n) is 6.16. The zero-order valence-corrected chi connectivity index (χ0v) is 13.3. The van der Waals surface area contributed by atoms with Crippen molar-refractivity contribution in [1.82, 2.24) is 0 Å². The first-order chi connectivity index (χ1) is 9.35. The van der Waals surface area contributed by atoms with E-state index in [1.807, 2.05) is 0 Å². The maximum Gasteiger partial charge on any atom is 0.196 e. The molecule has 3 radical (unpaired) electrons. The standard InChI is InChI=1S/C12H25O6P.B/c1-4-19(17-11-9-15-7-5-13-2)18-12-10-16-8-6-14-3;/h4H,1,5-12H2,2-3H3;. The second-order valence-corrected chi connectivity index (χ2v) is 4.80. The van der Waals surface area contributed by atoms with E-state index >= 15 is 0 Å². The van der Waals surface area contributed by atoms with Crippen molar-refractivity contribution in [2.24, 2.45) is 0 Å². The van der Waals surface area contributed by atoms with Gasteiger partial charge in [-0.2, -0.15) is 0 Å². The van der Waals surface area contributed by atoms with E-state index in [-0.39, 0.29) is 8.41 Å². The van der Waals surface area contributed by atoms with Gasteiger partial charge in [-0.3, -0.25) is 0 Å². The third-order valence-electron chi connectivity index (χ3n) is 1.91. The summed E-state index contributed by atoms with van der Waals surface area (Å²) in [5.74, 6) is 1.67. The van der Waals surface area contributed by atoms with Crippen LogP contribution in [0, 0.1) is 0 Å². The van der Waals surface area contributed by atoms with Crippen molar-refractivity contribution in [3.8, 4) is 0 Å². The van der Waals surface area contributed by atoms with Crippen LogP contribution in [0.4, 0.5) is 0 Å². The molecule has 0 atom stereocenters. The van der Waals surface area contributed by atoms with Crippen molar-refractivity contribution in [3.05, 3.63) is 12.4 Å². The van der Waals surface area contributed by atoms with E-state index in [9.17, 15) is 0 Å². The molecular weight excluding hydrogens is 282 g/mol. The van der Waals surface area contributed by atoms with Gasteiger partial charge in [-0.25, -0.2) is 0 Å². The fourth-order valence-corrected chi connectivity index (χ4v) is 1.80. The third kappa shape index (κ3) is 16.1. The molecule has 8 heteroatoms. The maximum absolute atomic E-state index is 5.48. The molecule has 0 aromatic heterocycles. The molecule has 0 bridgehead atoms. The van der Waals surface area contributed by atoms with E-state index in [0.717, 1.165) is 0 Å². The average Bonchev–Trinajstić information content (AvgIpc) is 2.44. The van der Waals surface area contributed by atoms with Gasteiger partial charge in [-0.05, 0) is 5.82 Å². The van der Waals surface area contributed by atoms with Crippen LogP contribution in [0.2, 0.25) is 0 Å². The summed E-state index contributed by atoms with van der Waals surface area (Å²) in [7, 11) is 2.21. The summed E-state index contributed by atoms with van der Waals surface area (Å²) in [6, 6.07) is 0. The summed E-state index contributed by atoms with van der Waals surface area (Å²) in [4.78, 5) is 0. The fraction of sp³-hybridized carbons (Fsp3) is 0.833. The Balaban J connectivity index is 0. The van der Waals surface area contributed by atoms with E-state index in [0.29, 0.717) is 52.9 Å². The minimum absolute atomic E-state index is 0. The number of methoxy groups -OCH3 is 2. The van der Waals surface area contributed by atoms with Crippen LogP contribution in [0.5, 0.6) is 0 Å². The molecule has 0 heterocycles. The van der Waals surface area contributed by atoms with Crippen LogP contribution < -0.4 is 0 Å². The molecule has 0 fully saturated rings. The number of ether oxygens (including phenoxy) is 4. The third-order valence-corrected chi connectivity index (χ3v) is 3.08. The van der Waals surface area contributed by atoms with Crippen LogP contribution >= 0.6 is 8.38 Å². The minimum Gasteiger partial charge on any atom is -0.382 e. The highest BCUT2D eigenvalue weighted by molar-refractivity contribution is 7.50. The van der Waals surface area contributed by atoms with Gasteiger partial charge in [0.15, 0.2) is 8.38 Å². The van der Waals surface area contributed by atoms with Gasteiger partial charge in [-0.1, -0.05) is 6.58 Å². The quantitative estimate of drug-likeness (QED) is 0.259. The average molecular weight is 307 g/mol. The Kier molecular flexibility index (Phi) is 21.2. The Bertz CT molecular complexity index is 183. The molecular formula is C12H25BO6P. The topological polar surface area (TPSA) is 55.4 Å². The highest BCUT2D eigenvalue weighted by atomic mass is 31.2. The monoisotopic (exact) mass is 307 g/mol. The van der Waals surface area contributed by atoms with Gasteiger partial charge >= 0.3 is 0 Å². The molecule has 0 aromatic rings. The van der Waals surface area contributed by atoms with Crippen molar-refractivity contribution in [2.75, 3.05) is 67.1 Å². The van der Waals surface area contributed by atoms with Crippen molar-refractivity contribution in [2.45, 2.75) is 0 Å². The van der Waals surface area contributed by atoms with Crippen molar-refractivity contribution in [3.63, 3.8) is 0 Å². The summed E-state index contributed by atoms with van der Waals surface area (Å²) >= 11 is 0. The molecule has 0 amide bonds. The molecule has 0 aliphatic heterocycles. The Labute approximate surface area is 125 Å². The summed E-state index contributed by atoms with van der Waals surface area (Å²) in [5.41, 5.74) is 0. The van der Waals surface area contributed by atoms with Crippen LogP contribution in [-0.2, 0) is 28.0 Å². The fourth-order valence-electron chi connectivity index (χ4n) is 1.00. The largest absolute Gasteiger partial charge is 0.382 e. The molecule has 0 spiro atoms. The lowest BCUT2D eigenvalue weighted by atomic mass is 10.7. The van der Waals surface area contributed by atoms with Crippen LogP contribution in [0.1, 0.15) is 0 Å². The Hall–Kier alpha value is -0.00506. The molecule has 0 rings (SSSR count). The molecule has 0 aliphatic carbocycles. The lowest BCUT2D eigenvalue weighted by Crippen LogP contribution is -2.09. The first-order valence-corrected chi connectivity index (χ1v) is 7.40. The second kappa shape index (κ2) is 19.0. The van der Waals surface area contributed by atoms with Gasteiger partial charge in [0.05, 0.1) is 52.9 Å². The smallest absolute Gasteiger partial charge is 0.196 e. The second-order valence-electron chi connectivity index (χ2n) is 3.34. The lowest BCUT2D eigenvalue weighted by molar-refractivity contribution is 0.0462. The molecule has 20 heavy (non-hydrogen) atoms. The van der Waals surface area contributed by atoms with Gasteiger partial charge < -0.3 is 28.0 Å². The van der Waals surface area contributed by atoms with E-state index in [2.05, 4.69) is 6.58 Å². The Morgan fingerprint density at radius 1 is 0.750 bits per heavy atom. The van der Waals surface area contributed by atoms with Crippen LogP contribution in [-0.4, -0.2) is 75.5 Å². The molecule has 0 unspecified atom stereocenters. The van der Waals surface area contributed by atoms with Gasteiger partial charge in [0, 0.05) is 22.6 Å². The van der Waals surface area contributed by atoms with E-state index in [4.69, 9.17) is 28.0 Å². The highest BCUT2D eigenvalue weighted by Crippen LogP contribution is 2.38. The minimum atomic E-state index is -1.07. The van der Waals surface area contributed by atoms with E-state index in [1.54, 1.807) is 20.0 Å². The van der Waals surface area contributed by atoms with Crippen LogP contribution in [0.15, 0.2) is 12.4 Å². The van der Waals surface area contributed by atoms with E-state index in [1.165, 1.54) is 0 Å².